The fraction of sp³-hybridized carbons (Fsp3) is 0.343. The number of hydrogen-bond acceptors (Lipinski definition) is 9. The highest BCUT2D eigenvalue weighted by Gasteiger charge is 2.40. The molecule has 12 heteroatoms. The zero-order valence-electron chi connectivity index (χ0n) is 26.6. The molecular weight excluding hydrogens is 639 g/mol. The molecule has 1 fully saturated rings. The molecule has 4 atom stereocenters. The molecule has 1 unspecified atom stereocenters. The number of benzene rings is 3. The van der Waals surface area contributed by atoms with Gasteiger partial charge in [0.1, 0.15) is 18.4 Å². The minimum absolute atomic E-state index is 0.0129. The lowest BCUT2D eigenvalue weighted by molar-refractivity contribution is -0.150. The summed E-state index contributed by atoms with van der Waals surface area (Å²) in [5.41, 5.74) is 2.88. The van der Waals surface area contributed by atoms with E-state index >= 15 is 0 Å². The van der Waals surface area contributed by atoms with Crippen molar-refractivity contribution in [1.82, 2.24) is 9.55 Å². The third kappa shape index (κ3) is 8.48. The lowest BCUT2D eigenvalue weighted by Crippen LogP contribution is -2.33. The molecule has 1 saturated heterocycles. The SMILES string of the molecule is COP(OCCCSC(c1ccccc1)(c1ccccc1)c1ccccc1)OC[C@H]1O[C@@H](n2cc(C)c(=O)[nH]c2=O)C[C@@H]1OC(C)=O. The van der Waals surface area contributed by atoms with E-state index in [9.17, 15) is 14.4 Å². The second kappa shape index (κ2) is 16.5. The molecular formula is C35H39N2O8PS. The monoisotopic (exact) mass is 678 g/mol. The Bertz CT molecular complexity index is 1610. The van der Waals surface area contributed by atoms with Crippen LogP contribution in [0.25, 0.3) is 0 Å². The van der Waals surface area contributed by atoms with Gasteiger partial charge in [-0.3, -0.25) is 19.1 Å². The van der Waals surface area contributed by atoms with Crippen molar-refractivity contribution in [3.8, 4) is 0 Å². The van der Waals surface area contributed by atoms with E-state index in [1.807, 2.05) is 30.0 Å². The maximum Gasteiger partial charge on any atom is 0.332 e. The predicted octanol–water partition coefficient (Wildman–Crippen LogP) is 6.09. The quantitative estimate of drug-likeness (QED) is 0.0690. The number of H-pyrrole nitrogens is 1. The highest BCUT2D eigenvalue weighted by Crippen LogP contribution is 2.49. The Labute approximate surface area is 279 Å². The van der Waals surface area contributed by atoms with E-state index in [0.717, 1.165) is 12.2 Å². The summed E-state index contributed by atoms with van der Waals surface area (Å²) in [7, 11) is -0.210. The Morgan fingerprint density at radius 1 is 0.957 bits per heavy atom. The third-order valence-electron chi connectivity index (χ3n) is 7.79. The zero-order chi connectivity index (χ0) is 33.2. The molecule has 0 amide bonds. The number of esters is 1. The number of carbonyl (C=O) groups is 1. The molecule has 0 saturated carbocycles. The Hall–Kier alpha value is -3.57. The van der Waals surface area contributed by atoms with Gasteiger partial charge in [-0.05, 0) is 35.8 Å². The highest BCUT2D eigenvalue weighted by atomic mass is 32.2. The van der Waals surface area contributed by atoms with Gasteiger partial charge >= 0.3 is 20.3 Å². The summed E-state index contributed by atoms with van der Waals surface area (Å²) in [6.45, 7) is 3.32. The fourth-order valence-electron chi connectivity index (χ4n) is 5.63. The molecule has 248 valence electrons. The van der Waals surface area contributed by atoms with Gasteiger partial charge in [0, 0.05) is 32.2 Å². The van der Waals surface area contributed by atoms with E-state index in [0.29, 0.717) is 12.2 Å². The van der Waals surface area contributed by atoms with Gasteiger partial charge in [0.25, 0.3) is 5.56 Å². The van der Waals surface area contributed by atoms with E-state index < -0.39 is 49.0 Å². The van der Waals surface area contributed by atoms with Crippen LogP contribution < -0.4 is 11.2 Å². The van der Waals surface area contributed by atoms with E-state index in [4.69, 9.17) is 23.0 Å². The minimum atomic E-state index is -1.72. The Kier molecular flexibility index (Phi) is 12.2. The molecule has 4 aromatic rings. The van der Waals surface area contributed by atoms with Crippen LogP contribution in [0.3, 0.4) is 0 Å². The van der Waals surface area contributed by atoms with Gasteiger partial charge in [-0.1, -0.05) is 91.0 Å². The van der Waals surface area contributed by atoms with Crippen LogP contribution in [0.2, 0.25) is 0 Å². The summed E-state index contributed by atoms with van der Waals surface area (Å²) >= 11 is 1.86. The summed E-state index contributed by atoms with van der Waals surface area (Å²) in [6, 6.07) is 31.6. The summed E-state index contributed by atoms with van der Waals surface area (Å²) in [4.78, 5) is 38.4. The van der Waals surface area contributed by atoms with Crippen molar-refractivity contribution in [3.63, 3.8) is 0 Å². The number of carbonyl (C=O) groups excluding carboxylic acids is 1. The molecule has 3 aromatic carbocycles. The second-order valence-electron chi connectivity index (χ2n) is 11.0. The average molecular weight is 679 g/mol. The minimum Gasteiger partial charge on any atom is -0.460 e. The number of aromatic amines is 1. The smallest absolute Gasteiger partial charge is 0.332 e. The van der Waals surface area contributed by atoms with E-state index in [1.54, 1.807) is 6.92 Å². The Balaban J connectivity index is 1.21. The molecule has 1 aliphatic heterocycles. The van der Waals surface area contributed by atoms with Crippen LogP contribution in [0.15, 0.2) is 107 Å². The molecule has 47 heavy (non-hydrogen) atoms. The van der Waals surface area contributed by atoms with Crippen molar-refractivity contribution in [2.75, 3.05) is 26.1 Å². The number of thioether (sulfide) groups is 1. The van der Waals surface area contributed by atoms with Gasteiger partial charge in [-0.15, -0.1) is 11.8 Å². The summed E-state index contributed by atoms with van der Waals surface area (Å²) < 4.78 is 29.9. The predicted molar refractivity (Wildman–Crippen MR) is 182 cm³/mol. The van der Waals surface area contributed by atoms with Crippen LogP contribution >= 0.6 is 20.4 Å². The molecule has 2 heterocycles. The fourth-order valence-corrected chi connectivity index (χ4v) is 7.94. The molecule has 0 aliphatic carbocycles. The third-order valence-corrected chi connectivity index (χ3v) is 10.5. The normalized spacial score (nSPS) is 18.6. The van der Waals surface area contributed by atoms with Gasteiger partial charge in [0.05, 0.1) is 18.0 Å². The molecule has 1 aliphatic rings. The van der Waals surface area contributed by atoms with Gasteiger partial charge in [0.15, 0.2) is 0 Å². The standard InChI is InChI=1S/C35H39N2O8PS/c1-25-23-37(34(40)36-33(25)39)32-22-30(44-26(2)38)31(45-32)24-43-46(41-3)42-20-13-21-47-35(27-14-7-4-8-15-27,28-16-9-5-10-17-28)29-18-11-6-12-19-29/h4-12,14-19,23,30-32H,13,20-22,24H2,1-3H3,(H,36,39,40)/t30-,31+,32+,46?/m0/s1. The number of aromatic nitrogens is 2. The first-order valence-corrected chi connectivity index (χ1v) is 17.4. The Morgan fingerprint density at radius 2 is 1.53 bits per heavy atom. The summed E-state index contributed by atoms with van der Waals surface area (Å²) in [6.07, 6.45) is 0.298. The van der Waals surface area contributed by atoms with Crippen LogP contribution in [0.5, 0.6) is 0 Å². The van der Waals surface area contributed by atoms with Crippen molar-refractivity contribution in [2.24, 2.45) is 0 Å². The molecule has 0 radical (unpaired) electrons. The largest absolute Gasteiger partial charge is 0.460 e. The van der Waals surface area contributed by atoms with Crippen molar-refractivity contribution in [1.29, 1.82) is 0 Å². The van der Waals surface area contributed by atoms with Crippen LogP contribution in [0, 0.1) is 6.92 Å². The first-order chi connectivity index (χ1) is 22.8. The first kappa shape index (κ1) is 34.8. The summed E-state index contributed by atoms with van der Waals surface area (Å²) in [5, 5.41) is 0. The molecule has 1 aromatic heterocycles. The number of nitrogens with zero attached hydrogens (tertiary/aromatic N) is 1. The zero-order valence-corrected chi connectivity index (χ0v) is 28.3. The second-order valence-corrected chi connectivity index (χ2v) is 13.6. The number of nitrogens with one attached hydrogen (secondary N) is 1. The molecule has 0 bridgehead atoms. The first-order valence-electron chi connectivity index (χ1n) is 15.4. The van der Waals surface area contributed by atoms with Crippen LogP contribution in [0.4, 0.5) is 0 Å². The van der Waals surface area contributed by atoms with E-state index in [2.05, 4.69) is 77.8 Å². The molecule has 1 N–H and O–H groups in total. The lowest BCUT2D eigenvalue weighted by atomic mass is 9.84. The number of rotatable bonds is 15. The van der Waals surface area contributed by atoms with Crippen LogP contribution in [-0.2, 0) is 32.6 Å². The molecule has 0 spiro atoms. The average Bonchev–Trinajstić information content (AvgIpc) is 3.48. The Morgan fingerprint density at radius 3 is 2.06 bits per heavy atom. The van der Waals surface area contributed by atoms with Crippen molar-refractivity contribution in [2.45, 2.75) is 49.9 Å². The van der Waals surface area contributed by atoms with Gasteiger partial charge < -0.3 is 23.0 Å². The van der Waals surface area contributed by atoms with Gasteiger partial charge in [0.2, 0.25) is 0 Å². The maximum atomic E-state index is 12.5. The van der Waals surface area contributed by atoms with Crippen LogP contribution in [-0.4, -0.2) is 53.8 Å². The topological polar surface area (TPSA) is 118 Å². The number of ether oxygens (including phenoxy) is 2. The number of aryl methyl sites for hydroxylation is 1. The molecule has 5 rings (SSSR count). The highest BCUT2D eigenvalue weighted by molar-refractivity contribution is 8.00. The van der Waals surface area contributed by atoms with E-state index in [1.165, 1.54) is 41.5 Å². The van der Waals surface area contributed by atoms with Crippen molar-refractivity contribution >= 4 is 26.3 Å². The van der Waals surface area contributed by atoms with Gasteiger partial charge in [-0.25, -0.2) is 4.79 Å². The van der Waals surface area contributed by atoms with Crippen molar-refractivity contribution < 1.29 is 27.8 Å². The van der Waals surface area contributed by atoms with E-state index in [-0.39, 0.29) is 13.0 Å². The number of hydrogen-bond donors (Lipinski definition) is 1. The maximum absolute atomic E-state index is 12.5. The molecule has 10 nitrogen and oxygen atoms in total. The lowest BCUT2D eigenvalue weighted by Gasteiger charge is -2.35. The summed E-state index contributed by atoms with van der Waals surface area (Å²) in [5.74, 6) is 0.315. The van der Waals surface area contributed by atoms with Crippen molar-refractivity contribution in [3.05, 3.63) is 140 Å². The van der Waals surface area contributed by atoms with Crippen LogP contribution in [0.1, 0.15) is 48.2 Å². The van der Waals surface area contributed by atoms with Gasteiger partial charge in [-0.2, -0.15) is 0 Å².